The van der Waals surface area contributed by atoms with E-state index < -0.39 is 0 Å². The molecule has 0 atom stereocenters. The number of thioether (sulfide) groups is 1. The van der Waals surface area contributed by atoms with Crippen LogP contribution in [0.3, 0.4) is 0 Å². The highest BCUT2D eigenvalue weighted by Gasteiger charge is 2.29. The summed E-state index contributed by atoms with van der Waals surface area (Å²) >= 11 is 9.15. The summed E-state index contributed by atoms with van der Waals surface area (Å²) in [5.74, 6) is 1.22. The van der Waals surface area contributed by atoms with Crippen LogP contribution in [0.5, 0.6) is 0 Å². The summed E-state index contributed by atoms with van der Waals surface area (Å²) in [6, 6.07) is 4.39. The Kier molecular flexibility index (Phi) is 3.02. The van der Waals surface area contributed by atoms with Crippen LogP contribution in [0.1, 0.15) is 25.8 Å². The van der Waals surface area contributed by atoms with Gasteiger partial charge in [-0.3, -0.25) is 0 Å². The fourth-order valence-corrected chi connectivity index (χ4v) is 4.83. The molecule has 0 radical (unpaired) electrons. The fourth-order valence-electron chi connectivity index (χ4n) is 1.75. The summed E-state index contributed by atoms with van der Waals surface area (Å²) < 4.78 is 2.39. The van der Waals surface area contributed by atoms with E-state index in [1.807, 2.05) is 11.8 Å². The molecule has 14 heavy (non-hydrogen) atoms. The Morgan fingerprint density at radius 3 is 2.71 bits per heavy atom. The molecule has 1 aromatic carbocycles. The molecule has 0 aliphatic carbocycles. The topological polar surface area (TPSA) is 0 Å². The molecule has 0 nitrogen and oxygen atoms in total. The molecule has 0 amide bonds. The lowest BCUT2D eigenvalue weighted by Crippen LogP contribution is -2.22. The zero-order chi connectivity index (χ0) is 10.3. The predicted octanol–water partition coefficient (Wildman–Crippen LogP) is 4.99. The van der Waals surface area contributed by atoms with E-state index in [1.54, 1.807) is 0 Å². The highest BCUT2D eigenvalue weighted by atomic mass is 79.9. The lowest BCUT2D eigenvalue weighted by Gasteiger charge is -2.32. The summed E-state index contributed by atoms with van der Waals surface area (Å²) in [6.45, 7) is 4.65. The number of halogens is 2. The second-order valence-electron chi connectivity index (χ2n) is 4.25. The van der Waals surface area contributed by atoms with E-state index in [1.165, 1.54) is 31.6 Å². The van der Waals surface area contributed by atoms with Gasteiger partial charge in [-0.05, 0) is 51.2 Å². The van der Waals surface area contributed by atoms with Gasteiger partial charge in [0.05, 0.1) is 0 Å². The second-order valence-corrected chi connectivity index (χ2v) is 7.12. The van der Waals surface area contributed by atoms with Crippen molar-refractivity contribution in [3.63, 3.8) is 0 Å². The molecule has 0 bridgehead atoms. The Balaban J connectivity index is 2.63. The molecule has 76 valence electrons. The molecule has 1 aliphatic heterocycles. The predicted molar refractivity (Wildman–Crippen MR) is 70.2 cm³/mol. The van der Waals surface area contributed by atoms with Gasteiger partial charge >= 0.3 is 0 Å². The van der Waals surface area contributed by atoms with Crippen molar-refractivity contribution in [1.29, 1.82) is 0 Å². The van der Waals surface area contributed by atoms with Crippen molar-refractivity contribution in [2.45, 2.75) is 30.6 Å². The lowest BCUT2D eigenvalue weighted by molar-refractivity contribution is 0.493. The van der Waals surface area contributed by atoms with Gasteiger partial charge in [-0.15, -0.1) is 11.8 Å². The third-order valence-corrected chi connectivity index (χ3v) is 5.19. The Hall–Kier alpha value is 0.530. The molecule has 0 saturated heterocycles. The van der Waals surface area contributed by atoms with Gasteiger partial charge in [0, 0.05) is 13.8 Å². The minimum absolute atomic E-state index is 0.312. The molecule has 0 N–H and O–H groups in total. The van der Waals surface area contributed by atoms with Crippen LogP contribution in [-0.4, -0.2) is 5.75 Å². The van der Waals surface area contributed by atoms with E-state index >= 15 is 0 Å². The van der Waals surface area contributed by atoms with Crippen LogP contribution < -0.4 is 0 Å². The van der Waals surface area contributed by atoms with Crippen LogP contribution in [0, 0.1) is 0 Å². The van der Waals surface area contributed by atoms with Gasteiger partial charge in [-0.25, -0.2) is 0 Å². The zero-order valence-electron chi connectivity index (χ0n) is 8.23. The van der Waals surface area contributed by atoms with Crippen LogP contribution >= 0.6 is 43.6 Å². The van der Waals surface area contributed by atoms with Crippen molar-refractivity contribution in [3.05, 3.63) is 26.6 Å². The number of fused-ring (bicyclic) bond motifs is 1. The minimum Gasteiger partial charge on any atom is -0.125 e. The molecule has 1 aliphatic rings. The van der Waals surface area contributed by atoms with Crippen molar-refractivity contribution < 1.29 is 0 Å². The van der Waals surface area contributed by atoms with Gasteiger partial charge in [-0.2, -0.15) is 0 Å². The summed E-state index contributed by atoms with van der Waals surface area (Å²) in [7, 11) is 0. The monoisotopic (exact) mass is 334 g/mol. The first-order valence-electron chi connectivity index (χ1n) is 4.63. The number of rotatable bonds is 0. The third-order valence-electron chi connectivity index (χ3n) is 2.71. The molecular formula is C11H12Br2S. The summed E-state index contributed by atoms with van der Waals surface area (Å²) in [4.78, 5) is 1.42. The minimum atomic E-state index is 0.312. The van der Waals surface area contributed by atoms with E-state index in [4.69, 9.17) is 0 Å². The first kappa shape index (κ1) is 11.0. The second kappa shape index (κ2) is 3.84. The molecule has 0 fully saturated rings. The Morgan fingerprint density at radius 1 is 1.29 bits per heavy atom. The summed E-state index contributed by atoms with van der Waals surface area (Å²) in [5, 5.41) is 0. The number of hydrogen-bond donors (Lipinski definition) is 0. The van der Waals surface area contributed by atoms with Crippen molar-refractivity contribution in [1.82, 2.24) is 0 Å². The molecule has 0 spiro atoms. The van der Waals surface area contributed by atoms with Gasteiger partial charge < -0.3 is 0 Å². The lowest BCUT2D eigenvalue weighted by atomic mass is 9.82. The standard InChI is InChI=1S/C11H12Br2S/c1-11(2)3-4-14-10-8(11)5-7(12)6-9(10)13/h5-6H,3-4H2,1-2H3. The average Bonchev–Trinajstić information content (AvgIpc) is 2.06. The summed E-state index contributed by atoms with van der Waals surface area (Å²) in [6.07, 6.45) is 1.26. The van der Waals surface area contributed by atoms with Crippen LogP contribution in [0.15, 0.2) is 26.0 Å². The Labute approximate surface area is 106 Å². The number of hydrogen-bond acceptors (Lipinski definition) is 1. The average molecular weight is 336 g/mol. The van der Waals surface area contributed by atoms with E-state index in [2.05, 4.69) is 57.8 Å². The van der Waals surface area contributed by atoms with Crippen molar-refractivity contribution in [2.24, 2.45) is 0 Å². The molecule has 0 saturated carbocycles. The normalized spacial score (nSPS) is 19.1. The van der Waals surface area contributed by atoms with Gasteiger partial charge in [0.15, 0.2) is 0 Å². The van der Waals surface area contributed by atoms with Crippen molar-refractivity contribution >= 4 is 43.6 Å². The molecule has 0 unspecified atom stereocenters. The van der Waals surface area contributed by atoms with Crippen LogP contribution in [0.4, 0.5) is 0 Å². The van der Waals surface area contributed by atoms with E-state index in [9.17, 15) is 0 Å². The first-order valence-corrected chi connectivity index (χ1v) is 7.20. The molecule has 3 heteroatoms. The number of benzene rings is 1. The molecule has 1 aromatic rings. The van der Waals surface area contributed by atoms with E-state index in [0.717, 1.165) is 0 Å². The molecule has 2 rings (SSSR count). The van der Waals surface area contributed by atoms with E-state index in [0.29, 0.717) is 5.41 Å². The van der Waals surface area contributed by atoms with Gasteiger partial charge in [0.2, 0.25) is 0 Å². The Bertz CT molecular complexity index is 372. The highest BCUT2D eigenvalue weighted by Crippen LogP contribution is 2.45. The maximum absolute atomic E-state index is 3.63. The van der Waals surface area contributed by atoms with E-state index in [-0.39, 0.29) is 0 Å². The Morgan fingerprint density at radius 2 is 2.00 bits per heavy atom. The van der Waals surface area contributed by atoms with Crippen molar-refractivity contribution in [2.75, 3.05) is 5.75 Å². The maximum atomic E-state index is 3.63. The van der Waals surface area contributed by atoms with Gasteiger partial charge in [-0.1, -0.05) is 29.8 Å². The third kappa shape index (κ3) is 1.91. The van der Waals surface area contributed by atoms with Gasteiger partial charge in [0.25, 0.3) is 0 Å². The quantitative estimate of drug-likeness (QED) is 0.644. The largest absolute Gasteiger partial charge is 0.125 e. The van der Waals surface area contributed by atoms with Crippen molar-refractivity contribution in [3.8, 4) is 0 Å². The zero-order valence-corrected chi connectivity index (χ0v) is 12.2. The van der Waals surface area contributed by atoms with Gasteiger partial charge in [0.1, 0.15) is 0 Å². The summed E-state index contributed by atoms with van der Waals surface area (Å²) in [5.41, 5.74) is 1.78. The molecule has 0 aromatic heterocycles. The highest BCUT2D eigenvalue weighted by molar-refractivity contribution is 9.11. The molecular weight excluding hydrogens is 324 g/mol. The smallest absolute Gasteiger partial charge is 0.0325 e. The molecule has 1 heterocycles. The van der Waals surface area contributed by atoms with Crippen LogP contribution in [-0.2, 0) is 5.41 Å². The van der Waals surface area contributed by atoms with Crippen LogP contribution in [0.25, 0.3) is 0 Å². The maximum Gasteiger partial charge on any atom is 0.0325 e. The van der Waals surface area contributed by atoms with Crippen LogP contribution in [0.2, 0.25) is 0 Å². The SMILES string of the molecule is CC1(C)CCSc2c(Br)cc(Br)cc21. The first-order chi connectivity index (χ1) is 6.50. The fraction of sp³-hybridized carbons (Fsp3) is 0.455.